The van der Waals surface area contributed by atoms with Crippen LogP contribution in [0.15, 0.2) is 59.4 Å². The van der Waals surface area contributed by atoms with Gasteiger partial charge in [-0.25, -0.2) is 4.68 Å². The lowest BCUT2D eigenvalue weighted by molar-refractivity contribution is 0.311. The molecule has 0 saturated carbocycles. The molecule has 0 fully saturated rings. The first-order valence-corrected chi connectivity index (χ1v) is 7.18. The number of aliphatic hydroxyl groups is 1. The van der Waals surface area contributed by atoms with E-state index < -0.39 is 0 Å². The first-order chi connectivity index (χ1) is 10.8. The summed E-state index contributed by atoms with van der Waals surface area (Å²) in [4.78, 5) is 12.6. The molecule has 0 bridgehead atoms. The van der Waals surface area contributed by atoms with E-state index in [4.69, 9.17) is 5.11 Å². The van der Waals surface area contributed by atoms with Gasteiger partial charge in [0, 0.05) is 11.9 Å². The molecule has 0 unspecified atom stereocenters. The van der Waals surface area contributed by atoms with Crippen molar-refractivity contribution >= 4 is 16.6 Å². The Balaban J connectivity index is 2.10. The Morgan fingerprint density at radius 1 is 1.00 bits per heavy atom. The third-order valence-electron chi connectivity index (χ3n) is 3.45. The molecule has 5 heteroatoms. The Bertz CT molecular complexity index is 828. The average molecular weight is 295 g/mol. The average Bonchev–Trinajstić information content (AvgIpc) is 2.57. The lowest BCUT2D eigenvalue weighted by atomic mass is 10.2. The molecule has 3 aromatic rings. The Morgan fingerprint density at radius 3 is 2.41 bits per heavy atom. The number of fused-ring (bicyclic) bond motifs is 1. The van der Waals surface area contributed by atoms with Crippen molar-refractivity contribution < 1.29 is 5.11 Å². The Hall–Kier alpha value is -2.66. The summed E-state index contributed by atoms with van der Waals surface area (Å²) in [5.74, 6) is 0.611. The molecule has 0 aliphatic carbocycles. The topological polar surface area (TPSA) is 67.2 Å². The summed E-state index contributed by atoms with van der Waals surface area (Å²) in [6, 6.07) is 17.1. The molecule has 0 amide bonds. The van der Waals surface area contributed by atoms with Crippen LogP contribution >= 0.6 is 0 Å². The Morgan fingerprint density at radius 2 is 1.68 bits per heavy atom. The zero-order chi connectivity index (χ0) is 15.4. The summed E-state index contributed by atoms with van der Waals surface area (Å²) in [6.07, 6.45) is 0. The molecule has 0 aliphatic heterocycles. The van der Waals surface area contributed by atoms with Crippen LogP contribution in [-0.2, 0) is 6.54 Å². The lowest BCUT2D eigenvalue weighted by Crippen LogP contribution is -2.25. The molecular formula is C17H17N3O2. The number of aromatic nitrogens is 2. The summed E-state index contributed by atoms with van der Waals surface area (Å²) in [6.45, 7) is 0.812. The second kappa shape index (κ2) is 6.41. The molecule has 0 spiro atoms. The van der Waals surface area contributed by atoms with Crippen molar-refractivity contribution in [1.82, 2.24) is 9.78 Å². The molecular weight excluding hydrogens is 278 g/mol. The SMILES string of the molecule is O=c1c2ccccc2c(NCCO)nn1Cc1ccccc1. The molecule has 22 heavy (non-hydrogen) atoms. The van der Waals surface area contributed by atoms with Crippen molar-refractivity contribution in [2.75, 3.05) is 18.5 Å². The highest BCUT2D eigenvalue weighted by atomic mass is 16.3. The number of rotatable bonds is 5. The van der Waals surface area contributed by atoms with Crippen LogP contribution in [0, 0.1) is 0 Å². The molecule has 0 radical (unpaired) electrons. The second-order valence-electron chi connectivity index (χ2n) is 4.99. The quantitative estimate of drug-likeness (QED) is 0.754. The van der Waals surface area contributed by atoms with Crippen molar-refractivity contribution in [2.24, 2.45) is 0 Å². The highest BCUT2D eigenvalue weighted by molar-refractivity contribution is 5.90. The predicted molar refractivity (Wildman–Crippen MR) is 87.1 cm³/mol. The maximum absolute atomic E-state index is 12.6. The standard InChI is InChI=1S/C17H17N3O2/c21-11-10-18-16-14-8-4-5-9-15(14)17(22)20(19-16)12-13-6-2-1-3-7-13/h1-9,21H,10-12H2,(H,18,19). The fraction of sp³-hybridized carbons (Fsp3) is 0.176. The van der Waals surface area contributed by atoms with E-state index in [1.807, 2.05) is 48.5 Å². The van der Waals surface area contributed by atoms with Gasteiger partial charge in [0.05, 0.1) is 18.5 Å². The van der Waals surface area contributed by atoms with Crippen molar-refractivity contribution in [2.45, 2.75) is 6.54 Å². The van der Waals surface area contributed by atoms with Gasteiger partial charge >= 0.3 is 0 Å². The first-order valence-electron chi connectivity index (χ1n) is 7.18. The van der Waals surface area contributed by atoms with E-state index in [1.165, 1.54) is 4.68 Å². The van der Waals surface area contributed by atoms with Crippen molar-refractivity contribution in [1.29, 1.82) is 0 Å². The summed E-state index contributed by atoms with van der Waals surface area (Å²) in [5, 5.41) is 17.9. The summed E-state index contributed by atoms with van der Waals surface area (Å²) >= 11 is 0. The Kier molecular flexibility index (Phi) is 4.16. The summed E-state index contributed by atoms with van der Waals surface area (Å²) in [5.41, 5.74) is 0.898. The molecule has 112 valence electrons. The van der Waals surface area contributed by atoms with Gasteiger partial charge in [-0.3, -0.25) is 4.79 Å². The van der Waals surface area contributed by atoms with Crippen LogP contribution in [0.1, 0.15) is 5.56 Å². The van der Waals surface area contributed by atoms with Gasteiger partial charge in [0.25, 0.3) is 5.56 Å². The largest absolute Gasteiger partial charge is 0.395 e. The van der Waals surface area contributed by atoms with Crippen LogP contribution in [0.2, 0.25) is 0 Å². The number of benzene rings is 2. The fourth-order valence-electron chi connectivity index (χ4n) is 2.40. The van der Waals surface area contributed by atoms with Crippen molar-refractivity contribution in [3.63, 3.8) is 0 Å². The zero-order valence-corrected chi connectivity index (χ0v) is 12.1. The maximum atomic E-state index is 12.6. The van der Waals surface area contributed by atoms with Crippen molar-refractivity contribution in [3.8, 4) is 0 Å². The first kappa shape index (κ1) is 14.3. The molecule has 0 aliphatic rings. The smallest absolute Gasteiger partial charge is 0.275 e. The zero-order valence-electron chi connectivity index (χ0n) is 12.1. The van der Waals surface area contributed by atoms with Crippen LogP contribution < -0.4 is 10.9 Å². The number of nitrogens with zero attached hydrogens (tertiary/aromatic N) is 2. The van der Waals surface area contributed by atoms with Gasteiger partial charge in [0.15, 0.2) is 5.82 Å². The number of hydrogen-bond donors (Lipinski definition) is 2. The molecule has 1 heterocycles. The van der Waals surface area contributed by atoms with Gasteiger partial charge < -0.3 is 10.4 Å². The third kappa shape index (κ3) is 2.84. The molecule has 1 aromatic heterocycles. The van der Waals surface area contributed by atoms with E-state index in [0.29, 0.717) is 24.3 Å². The lowest BCUT2D eigenvalue weighted by Gasteiger charge is -2.12. The van der Waals surface area contributed by atoms with E-state index in [-0.39, 0.29) is 12.2 Å². The minimum atomic E-state index is -0.117. The normalized spacial score (nSPS) is 10.8. The number of hydrogen-bond acceptors (Lipinski definition) is 4. The third-order valence-corrected chi connectivity index (χ3v) is 3.45. The number of aliphatic hydroxyl groups excluding tert-OH is 1. The van der Waals surface area contributed by atoms with Gasteiger partial charge in [-0.1, -0.05) is 48.5 Å². The van der Waals surface area contributed by atoms with Gasteiger partial charge in [-0.15, -0.1) is 0 Å². The van der Waals surface area contributed by atoms with Gasteiger partial charge in [-0.05, 0) is 11.6 Å². The van der Waals surface area contributed by atoms with Gasteiger partial charge in [-0.2, -0.15) is 5.10 Å². The summed E-state index contributed by atoms with van der Waals surface area (Å²) < 4.78 is 1.46. The molecule has 5 nitrogen and oxygen atoms in total. The van der Waals surface area contributed by atoms with E-state index in [1.54, 1.807) is 6.07 Å². The van der Waals surface area contributed by atoms with E-state index in [2.05, 4.69) is 10.4 Å². The van der Waals surface area contributed by atoms with Crippen LogP contribution in [-0.4, -0.2) is 28.0 Å². The minimum Gasteiger partial charge on any atom is -0.395 e. The monoisotopic (exact) mass is 295 g/mol. The number of anilines is 1. The molecule has 0 saturated heterocycles. The minimum absolute atomic E-state index is 0.00776. The van der Waals surface area contributed by atoms with Crippen molar-refractivity contribution in [3.05, 3.63) is 70.5 Å². The molecule has 0 atom stereocenters. The van der Waals surface area contributed by atoms with E-state index >= 15 is 0 Å². The molecule has 2 N–H and O–H groups in total. The highest BCUT2D eigenvalue weighted by Gasteiger charge is 2.10. The number of nitrogens with one attached hydrogen (secondary N) is 1. The van der Waals surface area contributed by atoms with Crippen LogP contribution in [0.4, 0.5) is 5.82 Å². The molecule has 3 rings (SSSR count). The van der Waals surface area contributed by atoms with Crippen LogP contribution in [0.25, 0.3) is 10.8 Å². The van der Waals surface area contributed by atoms with Gasteiger partial charge in [0.1, 0.15) is 0 Å². The van der Waals surface area contributed by atoms with E-state index in [0.717, 1.165) is 10.9 Å². The predicted octanol–water partition coefficient (Wildman–Crippen LogP) is 1.85. The van der Waals surface area contributed by atoms with Gasteiger partial charge in [0.2, 0.25) is 0 Å². The Labute approximate surface area is 127 Å². The molecule has 2 aromatic carbocycles. The van der Waals surface area contributed by atoms with Crippen LogP contribution in [0.3, 0.4) is 0 Å². The maximum Gasteiger partial charge on any atom is 0.275 e. The fourth-order valence-corrected chi connectivity index (χ4v) is 2.40. The van der Waals surface area contributed by atoms with E-state index in [9.17, 15) is 4.79 Å². The second-order valence-corrected chi connectivity index (χ2v) is 4.99. The summed E-state index contributed by atoms with van der Waals surface area (Å²) in [7, 11) is 0. The highest BCUT2D eigenvalue weighted by Crippen LogP contribution is 2.17. The van der Waals surface area contributed by atoms with Crippen LogP contribution in [0.5, 0.6) is 0 Å².